The first kappa shape index (κ1) is 21.8. The highest BCUT2D eigenvalue weighted by Crippen LogP contribution is 2.39. The first-order valence-corrected chi connectivity index (χ1v) is 10.0. The minimum Gasteiger partial charge on any atom is -0.493 e. The van der Waals surface area contributed by atoms with Crippen molar-refractivity contribution >= 4 is 17.7 Å². The molecule has 4 rings (SSSR count). The Morgan fingerprint density at radius 2 is 2.03 bits per heavy atom. The maximum atomic E-state index is 12.6. The average molecular weight is 447 g/mol. The molecule has 0 aliphatic carbocycles. The van der Waals surface area contributed by atoms with E-state index in [1.54, 1.807) is 24.3 Å². The van der Waals surface area contributed by atoms with E-state index >= 15 is 0 Å². The summed E-state index contributed by atoms with van der Waals surface area (Å²) >= 11 is 0. The second kappa shape index (κ2) is 9.36. The Morgan fingerprint density at radius 3 is 2.67 bits per heavy atom. The molecule has 1 aromatic heterocycles. The lowest BCUT2D eigenvalue weighted by molar-refractivity contribution is -0.139. The van der Waals surface area contributed by atoms with E-state index in [-0.39, 0.29) is 17.9 Å². The zero-order valence-corrected chi connectivity index (χ0v) is 17.2. The van der Waals surface area contributed by atoms with E-state index in [9.17, 15) is 24.3 Å². The molecule has 3 aromatic rings. The summed E-state index contributed by atoms with van der Waals surface area (Å²) in [7, 11) is 0. The van der Waals surface area contributed by atoms with Gasteiger partial charge in [-0.3, -0.25) is 9.59 Å². The van der Waals surface area contributed by atoms with E-state index in [1.165, 1.54) is 30.5 Å². The topological polar surface area (TPSA) is 122 Å². The van der Waals surface area contributed by atoms with Gasteiger partial charge in [-0.25, -0.2) is 9.37 Å². The normalized spacial score (nSPS) is 14.4. The Hall–Kier alpha value is -4.45. The van der Waals surface area contributed by atoms with Gasteiger partial charge in [0.1, 0.15) is 35.8 Å². The molecular formula is C24H18FN3O5. The van der Waals surface area contributed by atoms with Crippen molar-refractivity contribution in [2.75, 3.05) is 11.9 Å². The molecule has 9 heteroatoms. The number of rotatable bonds is 6. The van der Waals surface area contributed by atoms with Crippen molar-refractivity contribution in [2.45, 2.75) is 19.0 Å². The SMILES string of the molecule is N#Cc1cc2c(cc1Oc1ccc(C(=O)Nc3ccc(CF)cn3)cc1)OCCC2C(=O)O. The molecule has 1 aliphatic heterocycles. The molecule has 2 aromatic carbocycles. The van der Waals surface area contributed by atoms with E-state index < -0.39 is 24.5 Å². The molecule has 33 heavy (non-hydrogen) atoms. The van der Waals surface area contributed by atoms with E-state index in [0.29, 0.717) is 40.4 Å². The molecular weight excluding hydrogens is 429 g/mol. The predicted octanol–water partition coefficient (Wildman–Crippen LogP) is 4.42. The Bertz CT molecular complexity index is 1240. The van der Waals surface area contributed by atoms with Crippen LogP contribution in [0.5, 0.6) is 17.2 Å². The van der Waals surface area contributed by atoms with Crippen LogP contribution in [0.1, 0.15) is 39.4 Å². The summed E-state index contributed by atoms with van der Waals surface area (Å²) in [6.07, 6.45) is 1.67. The van der Waals surface area contributed by atoms with Gasteiger partial charge in [0, 0.05) is 29.0 Å². The van der Waals surface area contributed by atoms with Crippen LogP contribution in [0, 0.1) is 11.3 Å². The van der Waals surface area contributed by atoms with Crippen LogP contribution in [-0.4, -0.2) is 28.6 Å². The predicted molar refractivity (Wildman–Crippen MR) is 115 cm³/mol. The first-order chi connectivity index (χ1) is 16.0. The number of amides is 1. The molecule has 8 nitrogen and oxygen atoms in total. The monoisotopic (exact) mass is 447 g/mol. The summed E-state index contributed by atoms with van der Waals surface area (Å²) in [5, 5.41) is 21.6. The molecule has 0 saturated heterocycles. The van der Waals surface area contributed by atoms with Gasteiger partial charge in [-0.15, -0.1) is 0 Å². The standard InChI is InChI=1S/C24H18FN3O5/c25-11-14-1-6-22(27-13-14)28-23(29)15-2-4-17(5-3-15)33-20-10-21-19(9-16(20)12-26)18(24(30)31)7-8-32-21/h1-6,9-10,13,18H,7-8,11H2,(H,30,31)(H,27,28,29). The average Bonchev–Trinajstić information content (AvgIpc) is 2.84. The lowest BCUT2D eigenvalue weighted by Crippen LogP contribution is -2.21. The number of hydrogen-bond acceptors (Lipinski definition) is 6. The fraction of sp³-hybridized carbons (Fsp3) is 0.167. The lowest BCUT2D eigenvalue weighted by Gasteiger charge is -2.24. The first-order valence-electron chi connectivity index (χ1n) is 10.0. The second-order valence-corrected chi connectivity index (χ2v) is 7.29. The van der Waals surface area contributed by atoms with Crippen LogP contribution in [0.2, 0.25) is 0 Å². The number of carboxylic acid groups (broad SMARTS) is 1. The molecule has 166 valence electrons. The van der Waals surface area contributed by atoms with E-state index in [4.69, 9.17) is 9.47 Å². The number of pyridine rings is 1. The number of carbonyl (C=O) groups is 2. The van der Waals surface area contributed by atoms with Crippen molar-refractivity contribution in [1.29, 1.82) is 5.26 Å². The number of halogens is 1. The third-order valence-electron chi connectivity index (χ3n) is 5.14. The lowest BCUT2D eigenvalue weighted by atomic mass is 9.91. The van der Waals surface area contributed by atoms with Crippen molar-refractivity contribution < 1.29 is 28.6 Å². The van der Waals surface area contributed by atoms with Gasteiger partial charge in [0.2, 0.25) is 0 Å². The number of nitrogens with one attached hydrogen (secondary N) is 1. The van der Waals surface area contributed by atoms with Gasteiger partial charge in [0.25, 0.3) is 5.91 Å². The number of nitriles is 1. The van der Waals surface area contributed by atoms with Gasteiger partial charge in [-0.2, -0.15) is 5.26 Å². The molecule has 1 atom stereocenters. The van der Waals surface area contributed by atoms with E-state index in [0.717, 1.165) is 0 Å². The van der Waals surface area contributed by atoms with Crippen LogP contribution in [0.15, 0.2) is 54.7 Å². The van der Waals surface area contributed by atoms with Crippen molar-refractivity contribution in [2.24, 2.45) is 0 Å². The van der Waals surface area contributed by atoms with Gasteiger partial charge in [-0.05, 0) is 42.8 Å². The van der Waals surface area contributed by atoms with Crippen molar-refractivity contribution in [1.82, 2.24) is 4.98 Å². The van der Waals surface area contributed by atoms with Crippen LogP contribution in [-0.2, 0) is 11.5 Å². The second-order valence-electron chi connectivity index (χ2n) is 7.29. The zero-order valence-electron chi connectivity index (χ0n) is 17.2. The molecule has 1 aliphatic rings. The highest BCUT2D eigenvalue weighted by atomic mass is 19.1. The molecule has 1 amide bonds. The van der Waals surface area contributed by atoms with Crippen molar-refractivity contribution in [3.8, 4) is 23.3 Å². The van der Waals surface area contributed by atoms with Gasteiger partial charge in [-0.1, -0.05) is 6.07 Å². The number of ether oxygens (including phenoxy) is 2. The maximum Gasteiger partial charge on any atom is 0.311 e. The summed E-state index contributed by atoms with van der Waals surface area (Å²) in [5.74, 6) is -0.859. The van der Waals surface area contributed by atoms with Crippen LogP contribution in [0.4, 0.5) is 10.2 Å². The highest BCUT2D eigenvalue weighted by Gasteiger charge is 2.29. The molecule has 0 spiro atoms. The fourth-order valence-electron chi connectivity index (χ4n) is 3.41. The van der Waals surface area contributed by atoms with Crippen LogP contribution in [0.3, 0.4) is 0 Å². The molecule has 1 unspecified atom stereocenters. The Kier molecular flexibility index (Phi) is 6.17. The summed E-state index contributed by atoms with van der Waals surface area (Å²) in [6, 6.07) is 14.3. The number of benzene rings is 2. The Labute approximate surface area is 188 Å². The van der Waals surface area contributed by atoms with Crippen molar-refractivity contribution in [3.05, 3.63) is 77.0 Å². The van der Waals surface area contributed by atoms with Crippen LogP contribution < -0.4 is 14.8 Å². The number of hydrogen-bond donors (Lipinski definition) is 2. The van der Waals surface area contributed by atoms with Crippen LogP contribution >= 0.6 is 0 Å². The third-order valence-corrected chi connectivity index (χ3v) is 5.14. The molecule has 2 heterocycles. The third kappa shape index (κ3) is 4.75. The van der Waals surface area contributed by atoms with E-state index in [2.05, 4.69) is 10.3 Å². The van der Waals surface area contributed by atoms with Crippen LogP contribution in [0.25, 0.3) is 0 Å². The Balaban J connectivity index is 1.50. The summed E-state index contributed by atoms with van der Waals surface area (Å²) in [5.41, 5.74) is 1.38. The zero-order chi connectivity index (χ0) is 23.4. The number of alkyl halides is 1. The quantitative estimate of drug-likeness (QED) is 0.574. The Morgan fingerprint density at radius 1 is 1.24 bits per heavy atom. The minimum atomic E-state index is -0.973. The minimum absolute atomic E-state index is 0.176. The van der Waals surface area contributed by atoms with Gasteiger partial charge < -0.3 is 19.9 Å². The number of nitrogens with zero attached hydrogens (tertiary/aromatic N) is 2. The maximum absolute atomic E-state index is 12.6. The number of aromatic nitrogens is 1. The summed E-state index contributed by atoms with van der Waals surface area (Å²) < 4.78 is 24.0. The highest BCUT2D eigenvalue weighted by molar-refractivity contribution is 6.03. The number of carbonyl (C=O) groups excluding carboxylic acids is 1. The number of carboxylic acids is 1. The molecule has 0 saturated carbocycles. The van der Waals surface area contributed by atoms with E-state index in [1.807, 2.05) is 6.07 Å². The molecule has 2 N–H and O–H groups in total. The number of anilines is 1. The van der Waals surface area contributed by atoms with Gasteiger partial charge in [0.05, 0.1) is 18.1 Å². The molecule has 0 bridgehead atoms. The summed E-state index contributed by atoms with van der Waals surface area (Å²) in [6.45, 7) is -0.378. The number of fused-ring (bicyclic) bond motifs is 1. The molecule has 0 radical (unpaired) electrons. The summed E-state index contributed by atoms with van der Waals surface area (Å²) in [4.78, 5) is 27.9. The fourth-order valence-corrected chi connectivity index (χ4v) is 3.41. The number of aliphatic carboxylic acids is 1. The van der Waals surface area contributed by atoms with Gasteiger partial charge in [0.15, 0.2) is 0 Å². The van der Waals surface area contributed by atoms with Gasteiger partial charge >= 0.3 is 5.97 Å². The smallest absolute Gasteiger partial charge is 0.311 e. The molecule has 0 fully saturated rings. The van der Waals surface area contributed by atoms with Crippen molar-refractivity contribution in [3.63, 3.8) is 0 Å². The largest absolute Gasteiger partial charge is 0.493 e.